The van der Waals surface area contributed by atoms with Gasteiger partial charge in [0.2, 0.25) is 0 Å². The van der Waals surface area contributed by atoms with E-state index in [1.807, 2.05) is 33.2 Å². The van der Waals surface area contributed by atoms with E-state index in [1.165, 1.54) is 21.3 Å². The Morgan fingerprint density at radius 1 is 0.946 bits per heavy atom. The van der Waals surface area contributed by atoms with Gasteiger partial charge >= 0.3 is 0 Å². The smallest absolute Gasteiger partial charge is 0.291 e. The van der Waals surface area contributed by atoms with E-state index in [-0.39, 0.29) is 17.6 Å². The fourth-order valence-corrected chi connectivity index (χ4v) is 3.61. The van der Waals surface area contributed by atoms with Crippen molar-refractivity contribution < 1.29 is 32.9 Å². The number of carbonyl (C=O) groups excluding carboxylic acids is 1. The molecule has 0 spiro atoms. The van der Waals surface area contributed by atoms with Gasteiger partial charge in [0, 0.05) is 30.3 Å². The fourth-order valence-electron chi connectivity index (χ4n) is 3.61. The summed E-state index contributed by atoms with van der Waals surface area (Å²) in [7, 11) is 8.55. The van der Waals surface area contributed by atoms with Crippen LogP contribution in [-0.2, 0) is 0 Å². The first kappa shape index (κ1) is 27.7. The zero-order valence-corrected chi connectivity index (χ0v) is 22.8. The van der Waals surface area contributed by atoms with Gasteiger partial charge in [-0.15, -0.1) is 0 Å². The lowest BCUT2D eigenvalue weighted by Gasteiger charge is -2.18. The molecule has 200 valence electrons. The summed E-state index contributed by atoms with van der Waals surface area (Å²) in [6.45, 7) is 7.55. The number of carbonyl (C=O) groups is 1. The van der Waals surface area contributed by atoms with Gasteiger partial charge in [0.25, 0.3) is 11.9 Å². The number of hydrogen-bond donors (Lipinski definition) is 1. The summed E-state index contributed by atoms with van der Waals surface area (Å²) in [4.78, 5) is 15.0. The molecule has 37 heavy (non-hydrogen) atoms. The summed E-state index contributed by atoms with van der Waals surface area (Å²) in [5, 5.41) is 2.78. The topological polar surface area (TPSA) is 91.6 Å². The molecular formula is C28H36N2O7. The van der Waals surface area contributed by atoms with E-state index in [4.69, 9.17) is 28.1 Å². The number of aryl methyl sites for hydroxylation is 1. The molecule has 2 aromatic carbocycles. The summed E-state index contributed by atoms with van der Waals surface area (Å²) in [6, 6.07) is 10.4. The standard InChI is InChI=1S/C28H36N2O7/c1-17(2)20-16-22(18(3)13-23(20)35-12-11-30(4)5)37-26-10-9-21(36-26)28(31)29-27-24(33-7)14-19(32-6)15-25(27)34-8/h9-10,13-17H,11-12H2,1-8H3,(H,29,31). The Labute approximate surface area is 218 Å². The lowest BCUT2D eigenvalue weighted by molar-refractivity contribution is 0.0991. The Balaban J connectivity index is 1.79. The van der Waals surface area contributed by atoms with Crippen molar-refractivity contribution in [2.75, 3.05) is 53.9 Å². The molecule has 3 rings (SSSR count). The molecule has 0 unspecified atom stereocenters. The highest BCUT2D eigenvalue weighted by atomic mass is 16.6. The van der Waals surface area contributed by atoms with Crippen LogP contribution in [0, 0.1) is 6.92 Å². The van der Waals surface area contributed by atoms with Crippen molar-refractivity contribution in [2.24, 2.45) is 0 Å². The number of anilines is 1. The maximum atomic E-state index is 13.0. The molecule has 1 heterocycles. The number of likely N-dealkylation sites (N-methyl/N-ethyl adjacent to an activating group) is 1. The quantitative estimate of drug-likeness (QED) is 0.329. The van der Waals surface area contributed by atoms with Gasteiger partial charge in [-0.2, -0.15) is 0 Å². The second-order valence-corrected chi connectivity index (χ2v) is 9.04. The Hall–Kier alpha value is -3.85. The van der Waals surface area contributed by atoms with Gasteiger partial charge in [-0.25, -0.2) is 0 Å². The van der Waals surface area contributed by atoms with Crippen LogP contribution in [0.15, 0.2) is 40.8 Å². The van der Waals surface area contributed by atoms with E-state index in [2.05, 4.69) is 24.1 Å². The lowest BCUT2D eigenvalue weighted by atomic mass is 10.00. The third kappa shape index (κ3) is 6.89. The first-order valence-electron chi connectivity index (χ1n) is 12.0. The highest BCUT2D eigenvalue weighted by Crippen LogP contribution is 2.40. The van der Waals surface area contributed by atoms with Gasteiger partial charge in [0.05, 0.1) is 21.3 Å². The lowest BCUT2D eigenvalue weighted by Crippen LogP contribution is -2.19. The van der Waals surface area contributed by atoms with Crippen LogP contribution in [-0.4, -0.2) is 59.4 Å². The number of hydrogen-bond acceptors (Lipinski definition) is 8. The predicted octanol–water partition coefficient (Wildman–Crippen LogP) is 5.72. The number of nitrogens with one attached hydrogen (secondary N) is 1. The molecule has 1 aromatic heterocycles. The third-order valence-electron chi connectivity index (χ3n) is 5.69. The summed E-state index contributed by atoms with van der Waals surface area (Å²) < 4.78 is 33.8. The molecule has 9 heteroatoms. The normalized spacial score (nSPS) is 11.0. The zero-order chi connectivity index (χ0) is 27.1. The third-order valence-corrected chi connectivity index (χ3v) is 5.69. The van der Waals surface area contributed by atoms with Crippen LogP contribution >= 0.6 is 0 Å². The highest BCUT2D eigenvalue weighted by molar-refractivity contribution is 6.04. The average molecular weight is 513 g/mol. The molecule has 0 aliphatic rings. The number of methoxy groups -OCH3 is 3. The van der Waals surface area contributed by atoms with E-state index >= 15 is 0 Å². The zero-order valence-electron chi connectivity index (χ0n) is 22.8. The van der Waals surface area contributed by atoms with Gasteiger partial charge < -0.3 is 38.3 Å². The van der Waals surface area contributed by atoms with E-state index in [1.54, 1.807) is 24.3 Å². The van der Waals surface area contributed by atoms with Crippen LogP contribution < -0.4 is 29.0 Å². The molecule has 0 atom stereocenters. The first-order chi connectivity index (χ1) is 17.7. The number of benzene rings is 2. The largest absolute Gasteiger partial charge is 0.496 e. The first-order valence-corrected chi connectivity index (χ1v) is 12.0. The van der Waals surface area contributed by atoms with E-state index < -0.39 is 5.91 Å². The number of amides is 1. The van der Waals surface area contributed by atoms with Crippen molar-refractivity contribution in [3.63, 3.8) is 0 Å². The molecular weight excluding hydrogens is 476 g/mol. The number of nitrogens with zero attached hydrogens (tertiary/aromatic N) is 1. The molecule has 0 radical (unpaired) electrons. The van der Waals surface area contributed by atoms with Crippen molar-refractivity contribution in [1.82, 2.24) is 4.90 Å². The molecule has 0 aliphatic carbocycles. The second kappa shape index (κ2) is 12.4. The summed E-state index contributed by atoms with van der Waals surface area (Å²) in [5.74, 6) is 2.77. The molecule has 0 aliphatic heterocycles. The van der Waals surface area contributed by atoms with Crippen molar-refractivity contribution in [3.8, 4) is 34.7 Å². The maximum Gasteiger partial charge on any atom is 0.291 e. The van der Waals surface area contributed by atoms with Gasteiger partial charge in [-0.05, 0) is 50.7 Å². The van der Waals surface area contributed by atoms with E-state index in [0.717, 1.165) is 23.4 Å². The molecule has 0 saturated carbocycles. The van der Waals surface area contributed by atoms with Crippen LogP contribution in [0.4, 0.5) is 5.69 Å². The minimum atomic E-state index is -0.485. The summed E-state index contributed by atoms with van der Waals surface area (Å²) in [6.07, 6.45) is 0. The SMILES string of the molecule is COc1cc(OC)c(NC(=O)c2ccc(Oc3cc(C(C)C)c(OCCN(C)C)cc3C)o2)c(OC)c1. The Morgan fingerprint density at radius 3 is 2.19 bits per heavy atom. The van der Waals surface area contributed by atoms with Crippen LogP contribution in [0.1, 0.15) is 41.4 Å². The fraction of sp³-hybridized carbons (Fsp3) is 0.393. The number of ether oxygens (including phenoxy) is 5. The average Bonchev–Trinajstić information content (AvgIpc) is 3.33. The Bertz CT molecular complexity index is 1190. The second-order valence-electron chi connectivity index (χ2n) is 9.04. The van der Waals surface area contributed by atoms with Crippen LogP contribution in [0.2, 0.25) is 0 Å². The Kier molecular flexibility index (Phi) is 9.30. The van der Waals surface area contributed by atoms with Crippen molar-refractivity contribution in [2.45, 2.75) is 26.7 Å². The predicted molar refractivity (Wildman–Crippen MR) is 142 cm³/mol. The van der Waals surface area contributed by atoms with E-state index in [0.29, 0.717) is 35.3 Å². The molecule has 9 nitrogen and oxygen atoms in total. The Morgan fingerprint density at radius 2 is 1.62 bits per heavy atom. The maximum absolute atomic E-state index is 13.0. The monoisotopic (exact) mass is 512 g/mol. The summed E-state index contributed by atoms with van der Waals surface area (Å²) >= 11 is 0. The molecule has 0 bridgehead atoms. The molecule has 1 amide bonds. The van der Waals surface area contributed by atoms with Gasteiger partial charge in [0.1, 0.15) is 41.0 Å². The van der Waals surface area contributed by atoms with Gasteiger partial charge in [-0.1, -0.05) is 13.8 Å². The molecule has 3 aromatic rings. The molecule has 0 saturated heterocycles. The molecule has 0 fully saturated rings. The van der Waals surface area contributed by atoms with Crippen LogP contribution in [0.25, 0.3) is 0 Å². The van der Waals surface area contributed by atoms with Gasteiger partial charge in [-0.3, -0.25) is 4.79 Å². The highest BCUT2D eigenvalue weighted by Gasteiger charge is 2.20. The van der Waals surface area contributed by atoms with Crippen molar-refractivity contribution in [3.05, 3.63) is 53.3 Å². The molecule has 1 N–H and O–H groups in total. The van der Waals surface area contributed by atoms with Crippen molar-refractivity contribution >= 4 is 11.6 Å². The van der Waals surface area contributed by atoms with Crippen molar-refractivity contribution in [1.29, 1.82) is 0 Å². The summed E-state index contributed by atoms with van der Waals surface area (Å²) in [5.41, 5.74) is 2.28. The minimum absolute atomic E-state index is 0.0697. The number of rotatable bonds is 12. The van der Waals surface area contributed by atoms with Gasteiger partial charge in [0.15, 0.2) is 5.76 Å². The minimum Gasteiger partial charge on any atom is -0.496 e. The number of furan rings is 1. The van der Waals surface area contributed by atoms with E-state index in [9.17, 15) is 4.79 Å². The van der Waals surface area contributed by atoms with Crippen LogP contribution in [0.3, 0.4) is 0 Å². The van der Waals surface area contributed by atoms with Crippen LogP contribution in [0.5, 0.6) is 34.7 Å².